The number of carbonyl (C=O) groups excluding carboxylic acids is 2. The van der Waals surface area contributed by atoms with E-state index >= 15 is 0 Å². The van der Waals surface area contributed by atoms with E-state index < -0.39 is 6.04 Å². The first kappa shape index (κ1) is 12.6. The molecule has 2 rings (SSSR count). The van der Waals surface area contributed by atoms with Crippen molar-refractivity contribution in [2.24, 2.45) is 0 Å². The lowest BCUT2D eigenvalue weighted by molar-refractivity contribution is -0.133. The van der Waals surface area contributed by atoms with E-state index in [9.17, 15) is 9.59 Å². The SMILES string of the molecule is CC1NC(=O)CCN(Cc2ccc(Br)s2)C1=O. The second-order valence-electron chi connectivity index (χ2n) is 4.00. The van der Waals surface area contributed by atoms with Gasteiger partial charge in [0.05, 0.1) is 10.3 Å². The normalized spacial score (nSPS) is 21.3. The first-order chi connectivity index (χ1) is 8.06. The van der Waals surface area contributed by atoms with Gasteiger partial charge in [-0.15, -0.1) is 11.3 Å². The lowest BCUT2D eigenvalue weighted by atomic mass is 10.3. The van der Waals surface area contributed by atoms with E-state index in [1.165, 1.54) is 0 Å². The van der Waals surface area contributed by atoms with Crippen LogP contribution < -0.4 is 5.32 Å². The van der Waals surface area contributed by atoms with Gasteiger partial charge in [0.1, 0.15) is 6.04 Å². The summed E-state index contributed by atoms with van der Waals surface area (Å²) < 4.78 is 1.05. The molecule has 1 aromatic rings. The number of rotatable bonds is 2. The van der Waals surface area contributed by atoms with E-state index in [-0.39, 0.29) is 11.8 Å². The van der Waals surface area contributed by atoms with E-state index in [0.717, 1.165) is 8.66 Å². The second-order valence-corrected chi connectivity index (χ2v) is 6.55. The maximum atomic E-state index is 12.0. The average Bonchev–Trinajstić information content (AvgIpc) is 2.64. The van der Waals surface area contributed by atoms with Crippen molar-refractivity contribution in [3.63, 3.8) is 0 Å². The maximum absolute atomic E-state index is 12.0. The van der Waals surface area contributed by atoms with Gasteiger partial charge < -0.3 is 10.2 Å². The predicted molar refractivity (Wildman–Crippen MR) is 69.7 cm³/mol. The molecule has 6 heteroatoms. The zero-order chi connectivity index (χ0) is 12.4. The van der Waals surface area contributed by atoms with Crippen LogP contribution in [0.5, 0.6) is 0 Å². The largest absolute Gasteiger partial charge is 0.345 e. The third kappa shape index (κ3) is 3.07. The number of hydrogen-bond acceptors (Lipinski definition) is 3. The molecule has 1 aliphatic heterocycles. The lowest BCUT2D eigenvalue weighted by Gasteiger charge is -2.21. The smallest absolute Gasteiger partial charge is 0.245 e. The monoisotopic (exact) mass is 316 g/mol. The summed E-state index contributed by atoms with van der Waals surface area (Å²) in [5.74, 6) is -0.0684. The molecule has 4 nitrogen and oxygen atoms in total. The Morgan fingerprint density at radius 2 is 2.29 bits per heavy atom. The van der Waals surface area contributed by atoms with Gasteiger partial charge in [-0.25, -0.2) is 0 Å². The molecule has 1 aromatic heterocycles. The highest BCUT2D eigenvalue weighted by atomic mass is 79.9. The van der Waals surface area contributed by atoms with Crippen LogP contribution in [-0.4, -0.2) is 29.3 Å². The summed E-state index contributed by atoms with van der Waals surface area (Å²) in [7, 11) is 0. The van der Waals surface area contributed by atoms with Crippen LogP contribution in [0, 0.1) is 0 Å². The summed E-state index contributed by atoms with van der Waals surface area (Å²) in [6.07, 6.45) is 0.378. The standard InChI is InChI=1S/C11H13BrN2O2S/c1-7-11(16)14(5-4-10(15)13-7)6-8-2-3-9(12)17-8/h2-3,7H,4-6H2,1H3,(H,13,15). The highest BCUT2D eigenvalue weighted by molar-refractivity contribution is 9.11. The van der Waals surface area contributed by atoms with Crippen LogP contribution in [0.2, 0.25) is 0 Å². The van der Waals surface area contributed by atoms with Crippen LogP contribution >= 0.6 is 27.3 Å². The molecule has 1 aliphatic rings. The molecular formula is C11H13BrN2O2S. The van der Waals surface area contributed by atoms with Gasteiger partial charge in [-0.2, -0.15) is 0 Å². The lowest BCUT2D eigenvalue weighted by Crippen LogP contribution is -2.42. The highest BCUT2D eigenvalue weighted by Gasteiger charge is 2.26. The Labute approximate surface area is 112 Å². The number of halogens is 1. The number of nitrogens with zero attached hydrogens (tertiary/aromatic N) is 1. The van der Waals surface area contributed by atoms with Crippen molar-refractivity contribution >= 4 is 39.1 Å². The van der Waals surface area contributed by atoms with Crippen molar-refractivity contribution < 1.29 is 9.59 Å². The van der Waals surface area contributed by atoms with Crippen LogP contribution in [0.3, 0.4) is 0 Å². The molecule has 1 N–H and O–H groups in total. The summed E-state index contributed by atoms with van der Waals surface area (Å²) in [5.41, 5.74) is 0. The minimum atomic E-state index is -0.423. The highest BCUT2D eigenvalue weighted by Crippen LogP contribution is 2.23. The quantitative estimate of drug-likeness (QED) is 0.903. The van der Waals surface area contributed by atoms with Crippen molar-refractivity contribution in [2.45, 2.75) is 25.9 Å². The van der Waals surface area contributed by atoms with Crippen molar-refractivity contribution in [3.05, 3.63) is 20.8 Å². The van der Waals surface area contributed by atoms with Crippen LogP contribution in [-0.2, 0) is 16.1 Å². The number of nitrogens with one attached hydrogen (secondary N) is 1. The molecule has 0 bridgehead atoms. The molecule has 0 spiro atoms. The molecule has 92 valence electrons. The summed E-state index contributed by atoms with van der Waals surface area (Å²) >= 11 is 5.01. The van der Waals surface area contributed by atoms with Crippen molar-refractivity contribution in [3.8, 4) is 0 Å². The van der Waals surface area contributed by atoms with Gasteiger partial charge in [0.25, 0.3) is 0 Å². The van der Waals surface area contributed by atoms with Gasteiger partial charge in [0, 0.05) is 17.8 Å². The van der Waals surface area contributed by atoms with E-state index in [2.05, 4.69) is 21.2 Å². The van der Waals surface area contributed by atoms with Crippen LogP contribution in [0.4, 0.5) is 0 Å². The molecular weight excluding hydrogens is 304 g/mol. The zero-order valence-corrected chi connectivity index (χ0v) is 11.8. The summed E-state index contributed by atoms with van der Waals surface area (Å²) in [6, 6.07) is 3.54. The van der Waals surface area contributed by atoms with E-state index in [0.29, 0.717) is 19.5 Å². The molecule has 0 radical (unpaired) electrons. The molecule has 0 aliphatic carbocycles. The minimum absolute atomic E-state index is 0.0135. The van der Waals surface area contributed by atoms with Gasteiger partial charge in [-0.1, -0.05) is 0 Å². The third-order valence-electron chi connectivity index (χ3n) is 2.64. The fourth-order valence-electron chi connectivity index (χ4n) is 1.78. The van der Waals surface area contributed by atoms with Gasteiger partial charge in [0.2, 0.25) is 11.8 Å². The number of hydrogen-bond donors (Lipinski definition) is 1. The van der Waals surface area contributed by atoms with Gasteiger partial charge in [0.15, 0.2) is 0 Å². The maximum Gasteiger partial charge on any atom is 0.245 e. The van der Waals surface area contributed by atoms with E-state index in [4.69, 9.17) is 0 Å². The Morgan fingerprint density at radius 3 is 2.94 bits per heavy atom. The molecule has 1 fully saturated rings. The number of carbonyl (C=O) groups is 2. The zero-order valence-electron chi connectivity index (χ0n) is 9.40. The second kappa shape index (κ2) is 5.18. The van der Waals surface area contributed by atoms with E-state index in [1.807, 2.05) is 12.1 Å². The minimum Gasteiger partial charge on any atom is -0.345 e. The molecule has 2 heterocycles. The Kier molecular flexibility index (Phi) is 3.83. The Hall–Kier alpha value is -0.880. The molecule has 1 atom stereocenters. The number of amides is 2. The van der Waals surface area contributed by atoms with Crippen LogP contribution in [0.1, 0.15) is 18.2 Å². The molecule has 0 saturated carbocycles. The Bertz CT molecular complexity index is 446. The van der Waals surface area contributed by atoms with Gasteiger partial charge in [-0.3, -0.25) is 9.59 Å². The van der Waals surface area contributed by atoms with Gasteiger partial charge >= 0.3 is 0 Å². The van der Waals surface area contributed by atoms with Crippen molar-refractivity contribution in [1.29, 1.82) is 0 Å². The first-order valence-electron chi connectivity index (χ1n) is 5.38. The summed E-state index contributed by atoms with van der Waals surface area (Å²) in [6.45, 7) is 2.79. The third-order valence-corrected chi connectivity index (χ3v) is 4.25. The van der Waals surface area contributed by atoms with Gasteiger partial charge in [-0.05, 0) is 35.0 Å². The molecule has 0 aromatic carbocycles. The predicted octanol–water partition coefficient (Wildman–Crippen LogP) is 1.75. The molecule has 17 heavy (non-hydrogen) atoms. The van der Waals surface area contributed by atoms with Crippen LogP contribution in [0.15, 0.2) is 15.9 Å². The summed E-state index contributed by atoms with van der Waals surface area (Å²) in [4.78, 5) is 26.2. The van der Waals surface area contributed by atoms with Crippen molar-refractivity contribution in [1.82, 2.24) is 10.2 Å². The molecule has 1 unspecified atom stereocenters. The fraction of sp³-hybridized carbons (Fsp3) is 0.455. The molecule has 2 amide bonds. The molecule has 1 saturated heterocycles. The average molecular weight is 317 g/mol. The first-order valence-corrected chi connectivity index (χ1v) is 6.99. The fourth-order valence-corrected chi connectivity index (χ4v) is 3.28. The Morgan fingerprint density at radius 1 is 1.53 bits per heavy atom. The van der Waals surface area contributed by atoms with Crippen LogP contribution in [0.25, 0.3) is 0 Å². The Balaban J connectivity index is 2.08. The van der Waals surface area contributed by atoms with E-state index in [1.54, 1.807) is 23.2 Å². The number of thiophene rings is 1. The van der Waals surface area contributed by atoms with Crippen molar-refractivity contribution in [2.75, 3.05) is 6.54 Å². The summed E-state index contributed by atoms with van der Waals surface area (Å²) in [5, 5.41) is 2.68. The topological polar surface area (TPSA) is 49.4 Å².